The maximum Gasteiger partial charge on any atom is 0.227 e. The molecular weight excluding hydrogens is 312 g/mol. The molecule has 0 saturated carbocycles. The maximum absolute atomic E-state index is 11.8. The van der Waals surface area contributed by atoms with E-state index in [0.29, 0.717) is 6.42 Å². The van der Waals surface area contributed by atoms with E-state index in [2.05, 4.69) is 43.4 Å². The minimum absolute atomic E-state index is 0.216. The Kier molecular flexibility index (Phi) is 5.39. The van der Waals surface area contributed by atoms with E-state index in [0.717, 1.165) is 36.5 Å². The normalized spacial score (nSPS) is 15.5. The average Bonchev–Trinajstić information content (AvgIpc) is 3.06. The van der Waals surface area contributed by atoms with E-state index in [4.69, 9.17) is 4.74 Å². The number of nitrogens with zero attached hydrogens (tertiary/aromatic N) is 1. The molecule has 3 rings (SSSR count). The molecule has 0 aromatic heterocycles. The van der Waals surface area contributed by atoms with Gasteiger partial charge in [0.05, 0.1) is 7.11 Å². The van der Waals surface area contributed by atoms with Crippen molar-refractivity contribution in [3.63, 3.8) is 0 Å². The molecule has 1 saturated heterocycles. The lowest BCUT2D eigenvalue weighted by molar-refractivity contribution is -0.117. The van der Waals surface area contributed by atoms with Gasteiger partial charge >= 0.3 is 0 Å². The molecule has 132 valence electrons. The lowest BCUT2D eigenvalue weighted by Gasteiger charge is -2.19. The highest BCUT2D eigenvalue weighted by molar-refractivity contribution is 5.95. The van der Waals surface area contributed by atoms with Crippen LogP contribution in [0.1, 0.15) is 42.5 Å². The van der Waals surface area contributed by atoms with Crippen LogP contribution in [0.2, 0.25) is 0 Å². The number of amides is 1. The number of ether oxygens (including phenoxy) is 1. The van der Waals surface area contributed by atoms with E-state index in [1.165, 1.54) is 11.1 Å². The topological polar surface area (TPSA) is 41.6 Å². The summed E-state index contributed by atoms with van der Waals surface area (Å²) in [5, 5.41) is 3.55. The van der Waals surface area contributed by atoms with E-state index in [1.807, 2.05) is 23.1 Å². The van der Waals surface area contributed by atoms with Crippen molar-refractivity contribution in [3.05, 3.63) is 59.2 Å². The van der Waals surface area contributed by atoms with Gasteiger partial charge in [-0.15, -0.1) is 0 Å². The van der Waals surface area contributed by atoms with Gasteiger partial charge in [0.1, 0.15) is 5.75 Å². The Balaban J connectivity index is 1.64. The van der Waals surface area contributed by atoms with Gasteiger partial charge in [-0.2, -0.15) is 0 Å². The molecule has 4 heteroatoms. The number of carbonyl (C=O) groups is 1. The SMILES string of the molecule is COc1ccc(C)cc1CNC(C)c1ccc(N2CCCC2=O)cc1. The first-order valence-electron chi connectivity index (χ1n) is 8.85. The van der Waals surface area contributed by atoms with Crippen LogP contribution in [0, 0.1) is 6.92 Å². The van der Waals surface area contributed by atoms with Crippen molar-refractivity contribution in [1.29, 1.82) is 0 Å². The second-order valence-corrected chi connectivity index (χ2v) is 6.66. The van der Waals surface area contributed by atoms with Gasteiger partial charge in [-0.3, -0.25) is 4.79 Å². The van der Waals surface area contributed by atoms with Crippen LogP contribution in [0.4, 0.5) is 5.69 Å². The van der Waals surface area contributed by atoms with Crippen LogP contribution in [0.3, 0.4) is 0 Å². The molecule has 0 aliphatic carbocycles. The summed E-state index contributed by atoms with van der Waals surface area (Å²) in [6, 6.07) is 14.7. The molecule has 0 radical (unpaired) electrons. The Bertz CT molecular complexity index is 740. The smallest absolute Gasteiger partial charge is 0.227 e. The number of carbonyl (C=O) groups excluding carboxylic acids is 1. The Morgan fingerprint density at radius 1 is 1.20 bits per heavy atom. The summed E-state index contributed by atoms with van der Waals surface area (Å²) in [6.07, 6.45) is 1.62. The first kappa shape index (κ1) is 17.5. The molecule has 1 fully saturated rings. The molecule has 1 aliphatic rings. The van der Waals surface area contributed by atoms with Crippen LogP contribution in [0.5, 0.6) is 5.75 Å². The molecule has 0 bridgehead atoms. The summed E-state index contributed by atoms with van der Waals surface area (Å²) in [5.74, 6) is 1.14. The number of rotatable bonds is 6. The summed E-state index contributed by atoms with van der Waals surface area (Å²) in [6.45, 7) is 5.82. The molecule has 1 heterocycles. The van der Waals surface area contributed by atoms with Crippen molar-refractivity contribution in [2.75, 3.05) is 18.6 Å². The molecule has 1 unspecified atom stereocenters. The quantitative estimate of drug-likeness (QED) is 0.866. The van der Waals surface area contributed by atoms with Crippen LogP contribution in [-0.2, 0) is 11.3 Å². The molecular formula is C21H26N2O2. The van der Waals surface area contributed by atoms with Gasteiger partial charge in [-0.1, -0.05) is 29.8 Å². The number of anilines is 1. The van der Waals surface area contributed by atoms with Crippen LogP contribution in [0.15, 0.2) is 42.5 Å². The van der Waals surface area contributed by atoms with Gasteiger partial charge < -0.3 is 15.0 Å². The largest absolute Gasteiger partial charge is 0.496 e. The molecule has 2 aromatic carbocycles. The predicted molar refractivity (Wildman–Crippen MR) is 101 cm³/mol. The lowest BCUT2D eigenvalue weighted by atomic mass is 10.1. The molecule has 4 nitrogen and oxygen atoms in total. The van der Waals surface area contributed by atoms with E-state index < -0.39 is 0 Å². The Labute approximate surface area is 149 Å². The first-order valence-corrected chi connectivity index (χ1v) is 8.85. The highest BCUT2D eigenvalue weighted by Gasteiger charge is 2.21. The van der Waals surface area contributed by atoms with Crippen LogP contribution >= 0.6 is 0 Å². The van der Waals surface area contributed by atoms with Crippen molar-refractivity contribution >= 4 is 11.6 Å². The van der Waals surface area contributed by atoms with Crippen LogP contribution in [0.25, 0.3) is 0 Å². The summed E-state index contributed by atoms with van der Waals surface area (Å²) >= 11 is 0. The van der Waals surface area contributed by atoms with Crippen molar-refractivity contribution in [1.82, 2.24) is 5.32 Å². The van der Waals surface area contributed by atoms with Crippen molar-refractivity contribution < 1.29 is 9.53 Å². The summed E-state index contributed by atoms with van der Waals surface area (Å²) in [7, 11) is 1.70. The highest BCUT2D eigenvalue weighted by atomic mass is 16.5. The second-order valence-electron chi connectivity index (χ2n) is 6.66. The molecule has 1 N–H and O–H groups in total. The number of methoxy groups -OCH3 is 1. The minimum Gasteiger partial charge on any atom is -0.496 e. The summed E-state index contributed by atoms with van der Waals surface area (Å²) in [5.41, 5.74) is 4.60. The van der Waals surface area contributed by atoms with Gasteiger partial charge in [0, 0.05) is 36.8 Å². The number of aryl methyl sites for hydroxylation is 1. The zero-order chi connectivity index (χ0) is 17.8. The fourth-order valence-corrected chi connectivity index (χ4v) is 3.29. The lowest BCUT2D eigenvalue weighted by Crippen LogP contribution is -2.23. The number of hydrogen-bond donors (Lipinski definition) is 1. The fraction of sp³-hybridized carbons (Fsp3) is 0.381. The number of nitrogens with one attached hydrogen (secondary N) is 1. The third-order valence-corrected chi connectivity index (χ3v) is 4.81. The fourth-order valence-electron chi connectivity index (χ4n) is 3.29. The third-order valence-electron chi connectivity index (χ3n) is 4.81. The zero-order valence-electron chi connectivity index (χ0n) is 15.2. The Hall–Kier alpha value is -2.33. The molecule has 25 heavy (non-hydrogen) atoms. The zero-order valence-corrected chi connectivity index (χ0v) is 15.2. The van der Waals surface area contributed by atoms with E-state index in [9.17, 15) is 4.79 Å². The molecule has 0 spiro atoms. The monoisotopic (exact) mass is 338 g/mol. The van der Waals surface area contributed by atoms with Gasteiger partial charge in [0.25, 0.3) is 0 Å². The standard InChI is InChI=1S/C21H26N2O2/c1-15-6-11-20(25-3)18(13-15)14-22-16(2)17-7-9-19(10-8-17)23-12-4-5-21(23)24/h6-11,13,16,22H,4-5,12,14H2,1-3H3. The Morgan fingerprint density at radius 3 is 2.60 bits per heavy atom. The second kappa shape index (κ2) is 7.70. The van der Waals surface area contributed by atoms with Crippen molar-refractivity contribution in [2.45, 2.75) is 39.3 Å². The van der Waals surface area contributed by atoms with E-state index >= 15 is 0 Å². The van der Waals surface area contributed by atoms with E-state index in [-0.39, 0.29) is 11.9 Å². The summed E-state index contributed by atoms with van der Waals surface area (Å²) in [4.78, 5) is 13.7. The minimum atomic E-state index is 0.216. The number of benzene rings is 2. The van der Waals surface area contributed by atoms with Crippen LogP contribution in [-0.4, -0.2) is 19.6 Å². The van der Waals surface area contributed by atoms with Gasteiger partial charge in [0.15, 0.2) is 0 Å². The van der Waals surface area contributed by atoms with Gasteiger partial charge in [-0.05, 0) is 44.0 Å². The molecule has 1 atom stereocenters. The third kappa shape index (κ3) is 4.02. The maximum atomic E-state index is 11.8. The predicted octanol–water partition coefficient (Wildman–Crippen LogP) is 3.98. The first-order chi connectivity index (χ1) is 12.1. The van der Waals surface area contributed by atoms with Gasteiger partial charge in [-0.25, -0.2) is 0 Å². The molecule has 2 aromatic rings. The molecule has 1 aliphatic heterocycles. The molecule has 1 amide bonds. The number of hydrogen-bond acceptors (Lipinski definition) is 3. The van der Waals surface area contributed by atoms with Gasteiger partial charge in [0.2, 0.25) is 5.91 Å². The van der Waals surface area contributed by atoms with Crippen molar-refractivity contribution in [2.24, 2.45) is 0 Å². The van der Waals surface area contributed by atoms with Crippen LogP contribution < -0.4 is 15.0 Å². The Morgan fingerprint density at radius 2 is 1.96 bits per heavy atom. The highest BCUT2D eigenvalue weighted by Crippen LogP contribution is 2.24. The summed E-state index contributed by atoms with van der Waals surface area (Å²) < 4.78 is 5.44. The van der Waals surface area contributed by atoms with E-state index in [1.54, 1.807) is 7.11 Å². The van der Waals surface area contributed by atoms with Crippen molar-refractivity contribution in [3.8, 4) is 5.75 Å². The average molecular weight is 338 g/mol.